The van der Waals surface area contributed by atoms with Gasteiger partial charge in [-0.05, 0) is 11.1 Å². The average Bonchev–Trinajstić information content (AvgIpc) is 2.72. The lowest BCUT2D eigenvalue weighted by Crippen LogP contribution is -2.02. The third-order valence-electron chi connectivity index (χ3n) is 3.92. The number of benzene rings is 3. The number of nitro groups is 1. The largest absolute Gasteiger partial charge is 0.493 e. The fourth-order valence-corrected chi connectivity index (χ4v) is 2.53. The van der Waals surface area contributed by atoms with Crippen LogP contribution in [0.1, 0.15) is 11.1 Å². The van der Waals surface area contributed by atoms with Crippen molar-refractivity contribution in [2.45, 2.75) is 13.2 Å². The van der Waals surface area contributed by atoms with Gasteiger partial charge in [0.15, 0.2) is 11.5 Å². The smallest absolute Gasteiger partial charge is 0.314 e. The lowest BCUT2D eigenvalue weighted by Gasteiger charge is -2.13. The van der Waals surface area contributed by atoms with Crippen molar-refractivity contribution in [1.29, 1.82) is 0 Å². The Morgan fingerprint density at radius 3 is 1.78 bits per heavy atom. The first-order valence-corrected chi connectivity index (χ1v) is 8.37. The molecular formula is C21H19NO5. The van der Waals surface area contributed by atoms with Gasteiger partial charge in [-0.1, -0.05) is 60.7 Å². The van der Waals surface area contributed by atoms with Crippen molar-refractivity contribution in [3.8, 4) is 17.2 Å². The number of hydrogen-bond acceptors (Lipinski definition) is 5. The molecule has 0 aliphatic rings. The Morgan fingerprint density at radius 2 is 1.30 bits per heavy atom. The first-order valence-electron chi connectivity index (χ1n) is 8.37. The van der Waals surface area contributed by atoms with Crippen LogP contribution in [0.5, 0.6) is 17.2 Å². The molecule has 6 heteroatoms. The third-order valence-corrected chi connectivity index (χ3v) is 3.92. The lowest BCUT2D eigenvalue weighted by molar-refractivity contribution is -0.386. The molecule has 0 saturated heterocycles. The van der Waals surface area contributed by atoms with Gasteiger partial charge < -0.3 is 14.2 Å². The summed E-state index contributed by atoms with van der Waals surface area (Å²) >= 11 is 0. The van der Waals surface area contributed by atoms with Crippen molar-refractivity contribution < 1.29 is 19.1 Å². The molecule has 0 atom stereocenters. The predicted molar refractivity (Wildman–Crippen MR) is 101 cm³/mol. The average molecular weight is 365 g/mol. The molecule has 3 rings (SSSR count). The summed E-state index contributed by atoms with van der Waals surface area (Å²) in [5.41, 5.74) is 1.69. The van der Waals surface area contributed by atoms with Gasteiger partial charge in [-0.3, -0.25) is 10.1 Å². The Hall–Kier alpha value is -3.54. The van der Waals surface area contributed by atoms with E-state index >= 15 is 0 Å². The zero-order chi connectivity index (χ0) is 19.1. The van der Waals surface area contributed by atoms with Crippen molar-refractivity contribution in [2.24, 2.45) is 0 Å². The minimum Gasteiger partial charge on any atom is -0.493 e. The van der Waals surface area contributed by atoms with Crippen LogP contribution < -0.4 is 14.2 Å². The molecule has 138 valence electrons. The highest BCUT2D eigenvalue weighted by molar-refractivity contribution is 5.58. The van der Waals surface area contributed by atoms with E-state index in [9.17, 15) is 10.1 Å². The highest BCUT2D eigenvalue weighted by Gasteiger charge is 2.21. The van der Waals surface area contributed by atoms with Gasteiger partial charge in [-0.2, -0.15) is 0 Å². The van der Waals surface area contributed by atoms with Crippen molar-refractivity contribution in [2.75, 3.05) is 7.11 Å². The quantitative estimate of drug-likeness (QED) is 0.425. The molecule has 3 aromatic rings. The van der Waals surface area contributed by atoms with Crippen LogP contribution in [0.15, 0.2) is 72.8 Å². The number of rotatable bonds is 8. The normalized spacial score (nSPS) is 10.3. The van der Waals surface area contributed by atoms with E-state index in [1.807, 2.05) is 60.7 Å². The predicted octanol–water partition coefficient (Wildman–Crippen LogP) is 4.76. The molecule has 0 heterocycles. The van der Waals surface area contributed by atoms with Crippen LogP contribution >= 0.6 is 0 Å². The molecule has 0 aromatic heterocycles. The number of methoxy groups -OCH3 is 1. The number of hydrogen-bond donors (Lipinski definition) is 0. The minimum absolute atomic E-state index is 0.132. The van der Waals surface area contributed by atoms with Gasteiger partial charge in [0.05, 0.1) is 18.1 Å². The first kappa shape index (κ1) is 18.3. The molecule has 0 fully saturated rings. The van der Waals surface area contributed by atoms with E-state index in [-0.39, 0.29) is 24.7 Å². The van der Waals surface area contributed by atoms with Crippen LogP contribution in [0.4, 0.5) is 5.69 Å². The fourth-order valence-electron chi connectivity index (χ4n) is 2.53. The van der Waals surface area contributed by atoms with Crippen LogP contribution in [-0.4, -0.2) is 12.0 Å². The Kier molecular flexibility index (Phi) is 5.89. The molecule has 0 aliphatic carbocycles. The van der Waals surface area contributed by atoms with Crippen LogP contribution in [0.2, 0.25) is 0 Å². The van der Waals surface area contributed by atoms with Crippen LogP contribution in [-0.2, 0) is 13.2 Å². The summed E-state index contributed by atoms with van der Waals surface area (Å²) in [6.45, 7) is 0.494. The van der Waals surface area contributed by atoms with Crippen molar-refractivity contribution in [3.05, 3.63) is 94.0 Å². The van der Waals surface area contributed by atoms with Gasteiger partial charge in [0.1, 0.15) is 13.2 Å². The van der Waals surface area contributed by atoms with Gasteiger partial charge in [0.2, 0.25) is 5.75 Å². The summed E-state index contributed by atoms with van der Waals surface area (Å²) in [6, 6.07) is 21.8. The Balaban J connectivity index is 1.82. The molecule has 0 spiro atoms. The summed E-state index contributed by atoms with van der Waals surface area (Å²) in [4.78, 5) is 11.0. The van der Waals surface area contributed by atoms with E-state index < -0.39 is 4.92 Å². The zero-order valence-corrected chi connectivity index (χ0v) is 14.8. The second-order valence-electron chi connectivity index (χ2n) is 5.78. The van der Waals surface area contributed by atoms with E-state index in [1.165, 1.54) is 19.2 Å². The fraction of sp³-hybridized carbons (Fsp3) is 0.143. The molecule has 27 heavy (non-hydrogen) atoms. The zero-order valence-electron chi connectivity index (χ0n) is 14.8. The van der Waals surface area contributed by atoms with Crippen molar-refractivity contribution in [3.63, 3.8) is 0 Å². The highest BCUT2D eigenvalue weighted by Crippen LogP contribution is 2.40. The van der Waals surface area contributed by atoms with E-state index in [0.717, 1.165) is 11.1 Å². The Bertz CT molecular complexity index is 897. The maximum absolute atomic E-state index is 11.5. The molecule has 0 aliphatic heterocycles. The Labute approximate surface area is 157 Å². The summed E-state index contributed by atoms with van der Waals surface area (Å²) in [7, 11) is 1.48. The van der Waals surface area contributed by atoms with E-state index in [2.05, 4.69) is 0 Å². The molecule has 0 radical (unpaired) electrons. The van der Waals surface area contributed by atoms with Crippen LogP contribution in [0.25, 0.3) is 0 Å². The molecule has 0 amide bonds. The lowest BCUT2D eigenvalue weighted by atomic mass is 10.2. The number of nitrogens with zero attached hydrogens (tertiary/aromatic N) is 1. The molecule has 0 bridgehead atoms. The van der Waals surface area contributed by atoms with Gasteiger partial charge in [-0.25, -0.2) is 0 Å². The molecule has 0 unspecified atom stereocenters. The van der Waals surface area contributed by atoms with Gasteiger partial charge >= 0.3 is 5.69 Å². The van der Waals surface area contributed by atoms with Crippen molar-refractivity contribution in [1.82, 2.24) is 0 Å². The topological polar surface area (TPSA) is 70.8 Å². The summed E-state index contributed by atoms with van der Waals surface area (Å²) in [5.74, 6) is 0.799. The highest BCUT2D eigenvalue weighted by atomic mass is 16.6. The maximum Gasteiger partial charge on any atom is 0.314 e. The first-order chi connectivity index (χ1) is 13.2. The van der Waals surface area contributed by atoms with Gasteiger partial charge in [0.25, 0.3) is 0 Å². The standard InChI is InChI=1S/C21H19NO5/c1-25-20-13-19(26-14-16-8-4-2-5-9-16)18(22(23)24)12-21(20)27-15-17-10-6-3-7-11-17/h2-13H,14-15H2,1H3. The monoisotopic (exact) mass is 365 g/mol. The SMILES string of the molecule is COc1cc(OCc2ccccc2)c([N+](=O)[O-])cc1OCc1ccccc1. The summed E-state index contributed by atoms with van der Waals surface area (Å²) < 4.78 is 16.7. The summed E-state index contributed by atoms with van der Waals surface area (Å²) in [5, 5.41) is 11.5. The van der Waals surface area contributed by atoms with Crippen LogP contribution in [0, 0.1) is 10.1 Å². The van der Waals surface area contributed by atoms with Crippen LogP contribution in [0.3, 0.4) is 0 Å². The van der Waals surface area contributed by atoms with E-state index in [4.69, 9.17) is 14.2 Å². The van der Waals surface area contributed by atoms with Gasteiger partial charge in [0, 0.05) is 6.07 Å². The van der Waals surface area contributed by atoms with E-state index in [0.29, 0.717) is 11.5 Å². The number of ether oxygens (including phenoxy) is 3. The molecule has 0 N–H and O–H groups in total. The van der Waals surface area contributed by atoms with Crippen molar-refractivity contribution >= 4 is 5.69 Å². The summed E-state index contributed by atoms with van der Waals surface area (Å²) in [6.07, 6.45) is 0. The Morgan fingerprint density at radius 1 is 0.778 bits per heavy atom. The minimum atomic E-state index is -0.491. The molecule has 6 nitrogen and oxygen atoms in total. The maximum atomic E-state index is 11.5. The second kappa shape index (κ2) is 8.71. The molecule has 3 aromatic carbocycles. The van der Waals surface area contributed by atoms with E-state index in [1.54, 1.807) is 0 Å². The third kappa shape index (κ3) is 4.76. The number of nitro benzene ring substituents is 1. The van der Waals surface area contributed by atoms with Gasteiger partial charge in [-0.15, -0.1) is 0 Å². The second-order valence-corrected chi connectivity index (χ2v) is 5.78. The molecule has 0 saturated carbocycles. The molecular weight excluding hydrogens is 346 g/mol.